The molecule has 2 aromatic heterocycles. The van der Waals surface area contributed by atoms with Crippen LogP contribution in [0.3, 0.4) is 0 Å². The zero-order valence-electron chi connectivity index (χ0n) is 14.5. The van der Waals surface area contributed by atoms with Crippen molar-refractivity contribution in [2.45, 2.75) is 58.0 Å². The molecule has 2 N–H and O–H groups in total. The molecule has 1 aliphatic heterocycles. The fraction of sp³-hybridized carbons (Fsp3) is 0.556. The van der Waals surface area contributed by atoms with Crippen LogP contribution in [0, 0.1) is 0 Å². The van der Waals surface area contributed by atoms with Crippen LogP contribution in [-0.4, -0.2) is 22.3 Å². The highest BCUT2D eigenvalue weighted by molar-refractivity contribution is 7.09. The molecular weight excluding hydrogens is 322 g/mol. The number of piperidine rings is 1. The van der Waals surface area contributed by atoms with Gasteiger partial charge in [-0.1, -0.05) is 27.2 Å². The van der Waals surface area contributed by atoms with Gasteiger partial charge in [-0.15, -0.1) is 11.3 Å². The topological polar surface area (TPSA) is 72.4 Å². The second kappa shape index (κ2) is 6.69. The Hall–Kier alpha value is -1.66. The second-order valence-corrected chi connectivity index (χ2v) is 8.36. The number of carbonyl (C=O) groups excluding carboxylic acids is 1. The third-order valence-corrected chi connectivity index (χ3v) is 5.33. The standard InChI is InChI=1S/C18H25N3O2S/c1-18(2,3)15-12(10-14(23-15)16(19)22)11-21-8-5-4-6-13(21)17-20-7-9-24-17/h7,9-10,13H,4-6,8,11H2,1-3H3,(H2,19,22)/t13-/m1/s1. The molecule has 0 bridgehead atoms. The fourth-order valence-electron chi connectivity index (χ4n) is 3.38. The van der Waals surface area contributed by atoms with E-state index in [1.807, 2.05) is 17.6 Å². The first kappa shape index (κ1) is 17.2. The molecule has 24 heavy (non-hydrogen) atoms. The van der Waals surface area contributed by atoms with Crippen molar-refractivity contribution in [3.05, 3.63) is 39.7 Å². The van der Waals surface area contributed by atoms with Crippen LogP contribution in [-0.2, 0) is 12.0 Å². The van der Waals surface area contributed by atoms with Gasteiger partial charge in [0.05, 0.1) is 6.04 Å². The smallest absolute Gasteiger partial charge is 0.284 e. The molecule has 0 radical (unpaired) electrons. The van der Waals surface area contributed by atoms with Gasteiger partial charge in [0.1, 0.15) is 10.8 Å². The van der Waals surface area contributed by atoms with Crippen LogP contribution in [0.5, 0.6) is 0 Å². The van der Waals surface area contributed by atoms with Gasteiger partial charge in [-0.05, 0) is 25.5 Å². The zero-order valence-corrected chi connectivity index (χ0v) is 15.4. The van der Waals surface area contributed by atoms with E-state index >= 15 is 0 Å². The summed E-state index contributed by atoms with van der Waals surface area (Å²) in [6.07, 6.45) is 5.41. The van der Waals surface area contributed by atoms with Crippen molar-refractivity contribution in [1.29, 1.82) is 0 Å². The largest absolute Gasteiger partial charge is 0.455 e. The van der Waals surface area contributed by atoms with E-state index in [4.69, 9.17) is 10.2 Å². The summed E-state index contributed by atoms with van der Waals surface area (Å²) in [7, 11) is 0. The lowest BCUT2D eigenvalue weighted by Gasteiger charge is -2.34. The summed E-state index contributed by atoms with van der Waals surface area (Å²) in [5.74, 6) is 0.583. The van der Waals surface area contributed by atoms with Crippen molar-refractivity contribution in [2.75, 3.05) is 6.54 Å². The van der Waals surface area contributed by atoms with Crippen molar-refractivity contribution < 1.29 is 9.21 Å². The van der Waals surface area contributed by atoms with E-state index in [0.717, 1.165) is 30.8 Å². The summed E-state index contributed by atoms with van der Waals surface area (Å²) >= 11 is 1.71. The molecule has 5 nitrogen and oxygen atoms in total. The molecule has 1 saturated heterocycles. The summed E-state index contributed by atoms with van der Waals surface area (Å²) in [6.45, 7) is 8.07. The van der Waals surface area contributed by atoms with E-state index in [1.54, 1.807) is 11.3 Å². The number of thiazole rings is 1. The molecule has 0 aliphatic carbocycles. The van der Waals surface area contributed by atoms with Gasteiger partial charge in [0.15, 0.2) is 5.76 Å². The number of rotatable bonds is 4. The number of aromatic nitrogens is 1. The monoisotopic (exact) mass is 347 g/mol. The maximum absolute atomic E-state index is 11.5. The highest BCUT2D eigenvalue weighted by Gasteiger charge is 2.30. The molecule has 3 heterocycles. The Morgan fingerprint density at radius 1 is 1.46 bits per heavy atom. The van der Waals surface area contributed by atoms with Gasteiger partial charge in [-0.25, -0.2) is 4.98 Å². The molecule has 1 fully saturated rings. The van der Waals surface area contributed by atoms with E-state index in [0.29, 0.717) is 6.04 Å². The number of hydrogen-bond donors (Lipinski definition) is 1. The Bertz CT molecular complexity index is 700. The second-order valence-electron chi connectivity index (χ2n) is 7.43. The number of hydrogen-bond acceptors (Lipinski definition) is 5. The minimum atomic E-state index is -0.512. The van der Waals surface area contributed by atoms with Gasteiger partial charge < -0.3 is 10.2 Å². The van der Waals surface area contributed by atoms with Crippen molar-refractivity contribution >= 4 is 17.2 Å². The van der Waals surface area contributed by atoms with E-state index in [-0.39, 0.29) is 11.2 Å². The molecule has 3 rings (SSSR count). The highest BCUT2D eigenvalue weighted by Crippen LogP contribution is 2.36. The molecule has 0 unspecified atom stereocenters. The summed E-state index contributed by atoms with van der Waals surface area (Å²) in [5, 5.41) is 3.21. The lowest BCUT2D eigenvalue weighted by atomic mass is 9.90. The Morgan fingerprint density at radius 3 is 2.88 bits per heavy atom. The Labute approximate surface area is 146 Å². The van der Waals surface area contributed by atoms with Gasteiger partial charge in [0.25, 0.3) is 5.91 Å². The maximum atomic E-state index is 11.5. The summed E-state index contributed by atoms with van der Waals surface area (Å²) in [5.41, 5.74) is 6.31. The lowest BCUT2D eigenvalue weighted by molar-refractivity contribution is 0.0970. The molecule has 0 spiro atoms. The maximum Gasteiger partial charge on any atom is 0.284 e. The lowest BCUT2D eigenvalue weighted by Crippen LogP contribution is -2.33. The molecule has 6 heteroatoms. The van der Waals surface area contributed by atoms with Crippen LogP contribution >= 0.6 is 11.3 Å². The molecule has 1 amide bonds. The van der Waals surface area contributed by atoms with Crippen LogP contribution in [0.25, 0.3) is 0 Å². The van der Waals surface area contributed by atoms with Crippen LogP contribution in [0.1, 0.15) is 73.0 Å². The average Bonchev–Trinajstić information content (AvgIpc) is 3.16. The molecule has 2 aromatic rings. The quantitative estimate of drug-likeness (QED) is 0.911. The first-order valence-electron chi connectivity index (χ1n) is 8.42. The normalized spacial score (nSPS) is 19.5. The number of furan rings is 1. The molecule has 0 saturated carbocycles. The molecule has 1 aliphatic rings. The number of carbonyl (C=O) groups is 1. The van der Waals surface area contributed by atoms with E-state index < -0.39 is 5.91 Å². The SMILES string of the molecule is CC(C)(C)c1oc(C(N)=O)cc1CN1CCCC[C@@H]1c1nccs1. The predicted molar refractivity (Wildman–Crippen MR) is 95.0 cm³/mol. The summed E-state index contributed by atoms with van der Waals surface area (Å²) in [6, 6.07) is 2.16. The highest BCUT2D eigenvalue weighted by atomic mass is 32.1. The van der Waals surface area contributed by atoms with Crippen LogP contribution < -0.4 is 5.73 Å². The third kappa shape index (κ3) is 3.54. The number of likely N-dealkylation sites (tertiary alicyclic amines) is 1. The summed E-state index contributed by atoms with van der Waals surface area (Å²) in [4.78, 5) is 18.5. The number of amides is 1. The number of primary amides is 1. The minimum absolute atomic E-state index is 0.171. The fourth-order valence-corrected chi connectivity index (χ4v) is 4.19. The van der Waals surface area contributed by atoms with Gasteiger partial charge in [-0.2, -0.15) is 0 Å². The van der Waals surface area contributed by atoms with Crippen LogP contribution in [0.2, 0.25) is 0 Å². The number of nitrogens with two attached hydrogens (primary N) is 1. The molecule has 0 aromatic carbocycles. The first-order chi connectivity index (χ1) is 11.4. The van der Waals surface area contributed by atoms with Gasteiger partial charge in [0.2, 0.25) is 0 Å². The zero-order chi connectivity index (χ0) is 17.3. The van der Waals surface area contributed by atoms with Crippen molar-refractivity contribution in [2.24, 2.45) is 5.73 Å². The Morgan fingerprint density at radius 2 is 2.25 bits per heavy atom. The van der Waals surface area contributed by atoms with Gasteiger partial charge >= 0.3 is 0 Å². The molecule has 130 valence electrons. The van der Waals surface area contributed by atoms with Crippen molar-refractivity contribution in [3.63, 3.8) is 0 Å². The van der Waals surface area contributed by atoms with Gasteiger partial charge in [-0.3, -0.25) is 9.69 Å². The Balaban J connectivity index is 1.90. The van der Waals surface area contributed by atoms with E-state index in [9.17, 15) is 4.79 Å². The average molecular weight is 347 g/mol. The Kier molecular flexibility index (Phi) is 4.78. The van der Waals surface area contributed by atoms with Crippen LogP contribution in [0.15, 0.2) is 22.1 Å². The minimum Gasteiger partial charge on any atom is -0.455 e. The van der Waals surface area contributed by atoms with E-state index in [1.165, 1.54) is 17.8 Å². The molecular formula is C18H25N3O2S. The third-order valence-electron chi connectivity index (χ3n) is 4.46. The first-order valence-corrected chi connectivity index (χ1v) is 9.30. The number of nitrogens with zero attached hydrogens (tertiary/aromatic N) is 2. The molecule has 1 atom stereocenters. The van der Waals surface area contributed by atoms with E-state index in [2.05, 4.69) is 30.7 Å². The predicted octanol–water partition coefficient (Wildman–Crippen LogP) is 3.86. The van der Waals surface area contributed by atoms with Crippen molar-refractivity contribution in [1.82, 2.24) is 9.88 Å². The van der Waals surface area contributed by atoms with Gasteiger partial charge in [0, 0.05) is 29.1 Å². The summed E-state index contributed by atoms with van der Waals surface area (Å²) < 4.78 is 5.79. The van der Waals surface area contributed by atoms with Crippen molar-refractivity contribution in [3.8, 4) is 0 Å². The van der Waals surface area contributed by atoms with Crippen LogP contribution in [0.4, 0.5) is 0 Å².